The van der Waals surface area contributed by atoms with E-state index in [2.05, 4.69) is 6.92 Å². The molecule has 3 heteroatoms. The van der Waals surface area contributed by atoms with E-state index in [-0.39, 0.29) is 6.10 Å². The second-order valence-corrected chi connectivity index (χ2v) is 5.62. The van der Waals surface area contributed by atoms with Gasteiger partial charge in [-0.15, -0.1) is 11.3 Å². The van der Waals surface area contributed by atoms with Gasteiger partial charge in [-0.3, -0.25) is 0 Å². The molecule has 0 aliphatic rings. The highest BCUT2D eigenvalue weighted by Gasteiger charge is 2.09. The van der Waals surface area contributed by atoms with Crippen LogP contribution in [0.5, 0.6) is 0 Å². The molecule has 1 unspecified atom stereocenters. The van der Waals surface area contributed by atoms with Crippen molar-refractivity contribution in [2.45, 2.75) is 58.0 Å². The molecule has 16 heavy (non-hydrogen) atoms. The number of aliphatic hydroxyl groups excluding tert-OH is 1. The average Bonchev–Trinajstić information content (AvgIpc) is 2.70. The van der Waals surface area contributed by atoms with Gasteiger partial charge in [0.05, 0.1) is 11.1 Å². The van der Waals surface area contributed by atoms with Crippen molar-refractivity contribution in [1.82, 2.24) is 0 Å². The van der Waals surface area contributed by atoms with E-state index in [1.54, 1.807) is 11.3 Å². The summed E-state index contributed by atoms with van der Waals surface area (Å²) in [7, 11) is 0. The summed E-state index contributed by atoms with van der Waals surface area (Å²) in [5.74, 6) is 0. The van der Waals surface area contributed by atoms with Gasteiger partial charge in [-0.05, 0) is 12.5 Å². The SMILES string of the molecule is CCCCCCCCC(O)c1cc(Cl)cs1. The van der Waals surface area contributed by atoms with Gasteiger partial charge in [-0.1, -0.05) is 57.0 Å². The van der Waals surface area contributed by atoms with E-state index < -0.39 is 0 Å². The van der Waals surface area contributed by atoms with Gasteiger partial charge < -0.3 is 5.11 Å². The van der Waals surface area contributed by atoms with Crippen LogP contribution < -0.4 is 0 Å². The van der Waals surface area contributed by atoms with Gasteiger partial charge in [0, 0.05) is 10.3 Å². The molecule has 1 aromatic heterocycles. The second-order valence-electron chi connectivity index (χ2n) is 4.24. The minimum absolute atomic E-state index is 0.316. The Hall–Kier alpha value is -0.0500. The Labute approximate surface area is 107 Å². The minimum atomic E-state index is -0.316. The maximum Gasteiger partial charge on any atom is 0.0882 e. The largest absolute Gasteiger partial charge is 0.388 e. The van der Waals surface area contributed by atoms with Crippen molar-refractivity contribution in [3.63, 3.8) is 0 Å². The standard InChI is InChI=1S/C13H21ClOS/c1-2-3-4-5-6-7-8-12(15)13-9-11(14)10-16-13/h9-10,12,15H,2-8H2,1H3. The Morgan fingerprint density at radius 1 is 1.25 bits per heavy atom. The van der Waals surface area contributed by atoms with E-state index in [1.807, 2.05) is 11.4 Å². The number of halogens is 1. The van der Waals surface area contributed by atoms with E-state index in [0.29, 0.717) is 0 Å². The zero-order chi connectivity index (χ0) is 11.8. The first-order valence-electron chi connectivity index (χ1n) is 6.16. The summed E-state index contributed by atoms with van der Waals surface area (Å²) in [5.41, 5.74) is 0. The lowest BCUT2D eigenvalue weighted by Crippen LogP contribution is -1.94. The highest BCUT2D eigenvalue weighted by Crippen LogP contribution is 2.28. The number of unbranched alkanes of at least 4 members (excludes halogenated alkanes) is 5. The lowest BCUT2D eigenvalue weighted by Gasteiger charge is -2.07. The number of hydrogen-bond acceptors (Lipinski definition) is 2. The number of hydrogen-bond donors (Lipinski definition) is 1. The Balaban J connectivity index is 2.09. The van der Waals surface area contributed by atoms with Gasteiger partial charge in [-0.25, -0.2) is 0 Å². The molecule has 1 heterocycles. The van der Waals surface area contributed by atoms with Crippen LogP contribution in [0.1, 0.15) is 62.9 Å². The quantitative estimate of drug-likeness (QED) is 0.638. The smallest absolute Gasteiger partial charge is 0.0882 e. The first kappa shape index (κ1) is 14.0. The Morgan fingerprint density at radius 2 is 1.94 bits per heavy atom. The molecular weight excluding hydrogens is 240 g/mol. The van der Waals surface area contributed by atoms with Crippen molar-refractivity contribution in [1.29, 1.82) is 0 Å². The fraction of sp³-hybridized carbons (Fsp3) is 0.692. The van der Waals surface area contributed by atoms with Crippen molar-refractivity contribution < 1.29 is 5.11 Å². The Bertz CT molecular complexity index is 285. The van der Waals surface area contributed by atoms with Crippen molar-refractivity contribution in [3.8, 4) is 0 Å². The van der Waals surface area contributed by atoms with Gasteiger partial charge in [0.25, 0.3) is 0 Å². The Kier molecular flexibility index (Phi) is 7.10. The minimum Gasteiger partial charge on any atom is -0.388 e. The molecule has 0 aromatic carbocycles. The summed E-state index contributed by atoms with van der Waals surface area (Å²) in [5, 5.41) is 12.5. The summed E-state index contributed by atoms with van der Waals surface area (Å²) in [6, 6.07) is 1.87. The Morgan fingerprint density at radius 3 is 2.56 bits per heavy atom. The molecule has 0 aliphatic carbocycles. The van der Waals surface area contributed by atoms with Crippen molar-refractivity contribution >= 4 is 22.9 Å². The van der Waals surface area contributed by atoms with E-state index in [4.69, 9.17) is 11.6 Å². The molecule has 0 aliphatic heterocycles. The zero-order valence-electron chi connectivity index (χ0n) is 9.92. The number of thiophene rings is 1. The predicted octanol–water partition coefficient (Wildman–Crippen LogP) is 5.19. The van der Waals surface area contributed by atoms with Crippen LogP contribution in [-0.4, -0.2) is 5.11 Å². The third-order valence-electron chi connectivity index (χ3n) is 2.75. The maximum absolute atomic E-state index is 9.89. The molecule has 0 fully saturated rings. The van der Waals surface area contributed by atoms with Gasteiger partial charge >= 0.3 is 0 Å². The molecule has 0 spiro atoms. The second kappa shape index (κ2) is 8.10. The molecular formula is C13H21ClOS. The average molecular weight is 261 g/mol. The zero-order valence-corrected chi connectivity index (χ0v) is 11.5. The summed E-state index contributed by atoms with van der Waals surface area (Å²) in [6.07, 6.45) is 8.14. The first-order valence-corrected chi connectivity index (χ1v) is 7.41. The summed E-state index contributed by atoms with van der Waals surface area (Å²) >= 11 is 7.37. The van der Waals surface area contributed by atoms with Gasteiger partial charge in [0.2, 0.25) is 0 Å². The summed E-state index contributed by atoms with van der Waals surface area (Å²) < 4.78 is 0. The van der Waals surface area contributed by atoms with Crippen LogP contribution in [-0.2, 0) is 0 Å². The fourth-order valence-corrected chi connectivity index (χ4v) is 2.87. The van der Waals surface area contributed by atoms with Crippen LogP contribution in [0.4, 0.5) is 0 Å². The molecule has 1 nitrogen and oxygen atoms in total. The van der Waals surface area contributed by atoms with E-state index in [1.165, 1.54) is 32.1 Å². The lowest BCUT2D eigenvalue weighted by molar-refractivity contribution is 0.167. The number of aliphatic hydroxyl groups is 1. The van der Waals surface area contributed by atoms with E-state index in [0.717, 1.165) is 22.7 Å². The van der Waals surface area contributed by atoms with Gasteiger partial charge in [-0.2, -0.15) is 0 Å². The highest BCUT2D eigenvalue weighted by molar-refractivity contribution is 7.10. The third-order valence-corrected chi connectivity index (χ3v) is 4.13. The molecule has 0 radical (unpaired) electrons. The topological polar surface area (TPSA) is 20.2 Å². The van der Waals surface area contributed by atoms with Crippen LogP contribution in [0.25, 0.3) is 0 Å². The summed E-state index contributed by atoms with van der Waals surface area (Å²) in [4.78, 5) is 0.999. The molecule has 0 saturated heterocycles. The van der Waals surface area contributed by atoms with Crippen molar-refractivity contribution in [2.75, 3.05) is 0 Å². The van der Waals surface area contributed by atoms with Crippen LogP contribution >= 0.6 is 22.9 Å². The third kappa shape index (κ3) is 5.33. The molecule has 0 saturated carbocycles. The fourth-order valence-electron chi connectivity index (χ4n) is 1.76. The van der Waals surface area contributed by atoms with Crippen molar-refractivity contribution in [3.05, 3.63) is 21.3 Å². The van der Waals surface area contributed by atoms with Gasteiger partial charge in [0.1, 0.15) is 0 Å². The molecule has 1 aromatic rings. The van der Waals surface area contributed by atoms with Crippen LogP contribution in [0.15, 0.2) is 11.4 Å². The van der Waals surface area contributed by atoms with Crippen LogP contribution in [0.3, 0.4) is 0 Å². The highest BCUT2D eigenvalue weighted by atomic mass is 35.5. The first-order chi connectivity index (χ1) is 7.74. The molecule has 1 N–H and O–H groups in total. The number of rotatable bonds is 8. The monoisotopic (exact) mass is 260 g/mol. The predicted molar refractivity (Wildman–Crippen MR) is 72.3 cm³/mol. The lowest BCUT2D eigenvalue weighted by atomic mass is 10.1. The van der Waals surface area contributed by atoms with E-state index >= 15 is 0 Å². The molecule has 1 atom stereocenters. The molecule has 1 rings (SSSR count). The summed E-state index contributed by atoms with van der Waals surface area (Å²) in [6.45, 7) is 2.23. The normalized spacial score (nSPS) is 12.9. The van der Waals surface area contributed by atoms with Gasteiger partial charge in [0.15, 0.2) is 0 Å². The van der Waals surface area contributed by atoms with Crippen LogP contribution in [0, 0.1) is 0 Å². The van der Waals surface area contributed by atoms with Crippen molar-refractivity contribution in [2.24, 2.45) is 0 Å². The molecule has 92 valence electrons. The maximum atomic E-state index is 9.89. The van der Waals surface area contributed by atoms with Crippen LogP contribution in [0.2, 0.25) is 5.02 Å². The molecule has 0 bridgehead atoms. The van der Waals surface area contributed by atoms with E-state index in [9.17, 15) is 5.11 Å². The molecule has 0 amide bonds.